The van der Waals surface area contributed by atoms with Gasteiger partial charge < -0.3 is 0 Å². The summed E-state index contributed by atoms with van der Waals surface area (Å²) in [7, 11) is 0.817. The molecule has 1 aromatic carbocycles. The molecule has 0 aliphatic heterocycles. The zero-order chi connectivity index (χ0) is 10.9. The van der Waals surface area contributed by atoms with Gasteiger partial charge in [-0.2, -0.15) is 0 Å². The Morgan fingerprint density at radius 1 is 1.43 bits per heavy atom. The van der Waals surface area contributed by atoms with Crippen LogP contribution in [0.3, 0.4) is 0 Å². The average molecular weight is 237 g/mol. The van der Waals surface area contributed by atoms with E-state index in [4.69, 9.17) is 10.7 Å². The molecule has 0 heterocycles. The molecule has 0 spiro atoms. The van der Waals surface area contributed by atoms with Gasteiger partial charge in [0, 0.05) is 16.2 Å². The van der Waals surface area contributed by atoms with Crippen LogP contribution < -0.4 is 0 Å². The molecule has 0 aliphatic rings. The molecule has 0 saturated carbocycles. The van der Waals surface area contributed by atoms with Crippen LogP contribution >= 0.6 is 10.7 Å². The number of benzene rings is 1. The van der Waals surface area contributed by atoms with E-state index in [-0.39, 0.29) is 11.3 Å². The molecule has 0 N–H and O–H groups in total. The molecule has 0 radical (unpaired) electrons. The minimum atomic E-state index is -4.14. The number of ketones is 1. The van der Waals surface area contributed by atoms with Gasteiger partial charge in [-0.1, -0.05) is 0 Å². The second-order valence-corrected chi connectivity index (χ2v) is 5.17. The third-order valence-corrected chi connectivity index (χ3v) is 2.94. The first kappa shape index (κ1) is 11.1. The van der Waals surface area contributed by atoms with Crippen molar-refractivity contribution < 1.29 is 17.6 Å². The lowest BCUT2D eigenvalue weighted by Crippen LogP contribution is -1.99. The Bertz CT molecular complexity index is 481. The highest BCUT2D eigenvalue weighted by atomic mass is 35.7. The van der Waals surface area contributed by atoms with Gasteiger partial charge in [-0.15, -0.1) is 0 Å². The normalized spacial score (nSPS) is 11.4. The van der Waals surface area contributed by atoms with Crippen molar-refractivity contribution >= 4 is 25.5 Å². The van der Waals surface area contributed by atoms with E-state index in [2.05, 4.69) is 0 Å². The van der Waals surface area contributed by atoms with Crippen LogP contribution in [-0.2, 0) is 9.05 Å². The van der Waals surface area contributed by atoms with Crippen LogP contribution in [0, 0.1) is 5.82 Å². The summed E-state index contributed by atoms with van der Waals surface area (Å²) in [6.07, 6.45) is 0. The summed E-state index contributed by atoms with van der Waals surface area (Å²) in [6.45, 7) is 1.25. The molecule has 76 valence electrons. The summed E-state index contributed by atoms with van der Waals surface area (Å²) in [4.78, 5) is 10.2. The summed E-state index contributed by atoms with van der Waals surface area (Å²) in [5, 5.41) is 0. The summed E-state index contributed by atoms with van der Waals surface area (Å²) >= 11 is 0. The number of hydrogen-bond acceptors (Lipinski definition) is 3. The predicted octanol–water partition coefficient (Wildman–Crippen LogP) is 1.96. The number of rotatable bonds is 2. The fourth-order valence-electron chi connectivity index (χ4n) is 0.909. The highest BCUT2D eigenvalue weighted by Crippen LogP contribution is 2.20. The van der Waals surface area contributed by atoms with Gasteiger partial charge in [0.15, 0.2) is 5.78 Å². The number of halogens is 2. The Kier molecular flexibility index (Phi) is 2.92. The molecule has 0 saturated heterocycles. The summed E-state index contributed by atoms with van der Waals surface area (Å²) < 4.78 is 34.6. The van der Waals surface area contributed by atoms with E-state index < -0.39 is 19.8 Å². The van der Waals surface area contributed by atoms with Crippen molar-refractivity contribution in [2.24, 2.45) is 0 Å². The van der Waals surface area contributed by atoms with Crippen molar-refractivity contribution in [3.05, 3.63) is 29.6 Å². The van der Waals surface area contributed by atoms with Crippen LogP contribution in [0.25, 0.3) is 0 Å². The van der Waals surface area contributed by atoms with E-state index in [0.717, 1.165) is 12.1 Å². The molecule has 0 amide bonds. The summed E-state index contributed by atoms with van der Waals surface area (Å²) in [6, 6.07) is 3.01. The molecule has 0 bridgehead atoms. The molecule has 1 aromatic rings. The highest BCUT2D eigenvalue weighted by Gasteiger charge is 2.17. The Hall–Kier alpha value is -0.940. The lowest BCUT2D eigenvalue weighted by Gasteiger charge is -2.00. The molecule has 14 heavy (non-hydrogen) atoms. The zero-order valence-electron chi connectivity index (χ0n) is 7.12. The Morgan fingerprint density at radius 3 is 2.43 bits per heavy atom. The van der Waals surface area contributed by atoms with Crippen molar-refractivity contribution in [2.75, 3.05) is 0 Å². The topological polar surface area (TPSA) is 51.2 Å². The predicted molar refractivity (Wildman–Crippen MR) is 49.4 cm³/mol. The number of hydrogen-bond donors (Lipinski definition) is 0. The summed E-state index contributed by atoms with van der Waals surface area (Å²) in [5.41, 5.74) is 0.102. The lowest BCUT2D eigenvalue weighted by molar-refractivity contribution is 0.101. The van der Waals surface area contributed by atoms with Gasteiger partial charge in [-0.05, 0) is 25.1 Å². The van der Waals surface area contributed by atoms with Gasteiger partial charge in [0.05, 0.1) is 0 Å². The lowest BCUT2D eigenvalue weighted by atomic mass is 10.1. The summed E-state index contributed by atoms with van der Waals surface area (Å²) in [5.74, 6) is -1.32. The van der Waals surface area contributed by atoms with Crippen molar-refractivity contribution in [1.29, 1.82) is 0 Å². The SMILES string of the molecule is CC(=O)c1ccc(F)c(S(=O)(=O)Cl)c1. The Labute approximate surface area is 84.9 Å². The maximum atomic E-state index is 13.0. The molecule has 0 aromatic heterocycles. The van der Waals surface area contributed by atoms with Crippen molar-refractivity contribution in [3.8, 4) is 0 Å². The quantitative estimate of drug-likeness (QED) is 0.583. The Balaban J connectivity index is 3.44. The maximum absolute atomic E-state index is 13.0. The van der Waals surface area contributed by atoms with Crippen molar-refractivity contribution in [2.45, 2.75) is 11.8 Å². The smallest absolute Gasteiger partial charge is 0.264 e. The van der Waals surface area contributed by atoms with E-state index in [1.54, 1.807) is 0 Å². The van der Waals surface area contributed by atoms with Crippen molar-refractivity contribution in [1.82, 2.24) is 0 Å². The minimum Gasteiger partial charge on any atom is -0.295 e. The molecule has 6 heteroatoms. The molecule has 0 aliphatic carbocycles. The molecule has 1 rings (SSSR count). The maximum Gasteiger partial charge on any atom is 0.264 e. The van der Waals surface area contributed by atoms with Crippen LogP contribution in [-0.4, -0.2) is 14.2 Å². The molecule has 0 fully saturated rings. The van der Waals surface area contributed by atoms with Gasteiger partial charge in [0.2, 0.25) is 0 Å². The molecule has 3 nitrogen and oxygen atoms in total. The highest BCUT2D eigenvalue weighted by molar-refractivity contribution is 8.13. The fraction of sp³-hybridized carbons (Fsp3) is 0.125. The largest absolute Gasteiger partial charge is 0.295 e. The van der Waals surface area contributed by atoms with Crippen LogP contribution in [0.2, 0.25) is 0 Å². The third-order valence-electron chi connectivity index (χ3n) is 1.60. The fourth-order valence-corrected chi connectivity index (χ4v) is 1.83. The monoisotopic (exact) mass is 236 g/mol. The number of carbonyl (C=O) groups excluding carboxylic acids is 1. The number of carbonyl (C=O) groups is 1. The Morgan fingerprint density at radius 2 is 2.00 bits per heavy atom. The average Bonchev–Trinajstić information content (AvgIpc) is 2.02. The number of Topliss-reactive ketones (excluding diaryl/α,β-unsaturated/α-hetero) is 1. The van der Waals surface area contributed by atoms with Crippen LogP contribution in [0.4, 0.5) is 4.39 Å². The van der Waals surface area contributed by atoms with Gasteiger partial charge in [0.25, 0.3) is 9.05 Å². The van der Waals surface area contributed by atoms with Crippen LogP contribution in [0.1, 0.15) is 17.3 Å². The standard InChI is InChI=1S/C8H6ClFO3S/c1-5(11)6-2-3-7(10)8(4-6)14(9,12)13/h2-4H,1H3. The molecule has 0 atom stereocenters. The van der Waals surface area contributed by atoms with E-state index in [9.17, 15) is 17.6 Å². The first-order valence-electron chi connectivity index (χ1n) is 3.57. The molecular formula is C8H6ClFO3S. The van der Waals surface area contributed by atoms with Gasteiger partial charge in [-0.3, -0.25) is 4.79 Å². The first-order valence-corrected chi connectivity index (χ1v) is 5.88. The van der Waals surface area contributed by atoms with Crippen molar-refractivity contribution in [3.63, 3.8) is 0 Å². The molecular weight excluding hydrogens is 231 g/mol. The first-order chi connectivity index (χ1) is 6.32. The van der Waals surface area contributed by atoms with E-state index in [0.29, 0.717) is 0 Å². The van der Waals surface area contributed by atoms with E-state index in [1.807, 2.05) is 0 Å². The van der Waals surface area contributed by atoms with Gasteiger partial charge in [-0.25, -0.2) is 12.8 Å². The third kappa shape index (κ3) is 2.30. The molecule has 0 unspecified atom stereocenters. The van der Waals surface area contributed by atoms with Gasteiger partial charge in [0.1, 0.15) is 10.7 Å². The van der Waals surface area contributed by atoms with Gasteiger partial charge >= 0.3 is 0 Å². The minimum absolute atomic E-state index is 0.102. The van der Waals surface area contributed by atoms with Crippen LogP contribution in [0.5, 0.6) is 0 Å². The zero-order valence-corrected chi connectivity index (χ0v) is 8.69. The van der Waals surface area contributed by atoms with E-state index >= 15 is 0 Å². The second-order valence-electron chi connectivity index (χ2n) is 2.64. The second kappa shape index (κ2) is 3.67. The van der Waals surface area contributed by atoms with Crippen LogP contribution in [0.15, 0.2) is 23.1 Å². The van der Waals surface area contributed by atoms with E-state index in [1.165, 1.54) is 13.0 Å².